The fourth-order valence-corrected chi connectivity index (χ4v) is 1.69. The molecule has 16 heavy (non-hydrogen) atoms. The Balaban J connectivity index is 2.53. The van der Waals surface area contributed by atoms with Crippen LogP contribution >= 0.6 is 0 Å². The summed E-state index contributed by atoms with van der Waals surface area (Å²) in [4.78, 5) is 24.5. The SMILES string of the molecule is C=C(NC)c1ccc2c(c1)C(=O)N(C)C2=O. The van der Waals surface area contributed by atoms with Gasteiger partial charge in [-0.2, -0.15) is 0 Å². The highest BCUT2D eigenvalue weighted by Crippen LogP contribution is 2.24. The van der Waals surface area contributed by atoms with Crippen molar-refractivity contribution in [3.63, 3.8) is 0 Å². The lowest BCUT2D eigenvalue weighted by atomic mass is 10.0. The molecule has 0 saturated heterocycles. The van der Waals surface area contributed by atoms with Crippen molar-refractivity contribution in [2.75, 3.05) is 14.1 Å². The Morgan fingerprint density at radius 1 is 1.25 bits per heavy atom. The zero-order chi connectivity index (χ0) is 11.9. The van der Waals surface area contributed by atoms with E-state index in [0.29, 0.717) is 11.1 Å². The molecule has 0 unspecified atom stereocenters. The van der Waals surface area contributed by atoms with Crippen LogP contribution in [0.1, 0.15) is 26.3 Å². The minimum Gasteiger partial charge on any atom is -0.388 e. The minimum absolute atomic E-state index is 0.249. The smallest absolute Gasteiger partial charge is 0.261 e. The molecule has 1 aromatic carbocycles. The second-order valence-electron chi connectivity index (χ2n) is 3.66. The second kappa shape index (κ2) is 3.48. The fraction of sp³-hybridized carbons (Fsp3) is 0.167. The predicted molar refractivity (Wildman–Crippen MR) is 61.0 cm³/mol. The number of nitrogens with zero attached hydrogens (tertiary/aromatic N) is 1. The Bertz CT molecular complexity index is 506. The molecule has 2 rings (SSSR count). The van der Waals surface area contributed by atoms with Crippen molar-refractivity contribution in [1.82, 2.24) is 10.2 Å². The lowest BCUT2D eigenvalue weighted by molar-refractivity contribution is 0.0693. The van der Waals surface area contributed by atoms with Crippen LogP contribution in [0.2, 0.25) is 0 Å². The summed E-state index contributed by atoms with van der Waals surface area (Å²) in [5.74, 6) is -0.507. The number of imide groups is 1. The monoisotopic (exact) mass is 216 g/mol. The topological polar surface area (TPSA) is 49.4 Å². The van der Waals surface area contributed by atoms with Crippen LogP contribution in [0.4, 0.5) is 0 Å². The van der Waals surface area contributed by atoms with E-state index in [2.05, 4.69) is 11.9 Å². The highest BCUT2D eigenvalue weighted by Gasteiger charge is 2.32. The van der Waals surface area contributed by atoms with Crippen molar-refractivity contribution < 1.29 is 9.59 Å². The maximum Gasteiger partial charge on any atom is 0.261 e. The largest absolute Gasteiger partial charge is 0.388 e. The van der Waals surface area contributed by atoms with Gasteiger partial charge in [-0.3, -0.25) is 14.5 Å². The van der Waals surface area contributed by atoms with Crippen molar-refractivity contribution in [1.29, 1.82) is 0 Å². The molecule has 82 valence electrons. The second-order valence-corrected chi connectivity index (χ2v) is 3.66. The van der Waals surface area contributed by atoms with E-state index in [1.807, 2.05) is 0 Å². The van der Waals surface area contributed by atoms with Gasteiger partial charge in [0.1, 0.15) is 0 Å². The van der Waals surface area contributed by atoms with Gasteiger partial charge >= 0.3 is 0 Å². The lowest BCUT2D eigenvalue weighted by Gasteiger charge is -2.05. The number of rotatable bonds is 2. The van der Waals surface area contributed by atoms with Gasteiger partial charge in [0, 0.05) is 19.8 Å². The van der Waals surface area contributed by atoms with Crippen LogP contribution in [0.3, 0.4) is 0 Å². The first-order valence-corrected chi connectivity index (χ1v) is 4.89. The lowest BCUT2D eigenvalue weighted by Crippen LogP contribution is -2.24. The third kappa shape index (κ3) is 1.31. The minimum atomic E-state index is -0.259. The van der Waals surface area contributed by atoms with E-state index in [9.17, 15) is 9.59 Å². The first-order valence-electron chi connectivity index (χ1n) is 4.89. The Morgan fingerprint density at radius 3 is 2.50 bits per heavy atom. The molecular formula is C12H12N2O2. The summed E-state index contributed by atoms with van der Waals surface area (Å²) >= 11 is 0. The van der Waals surface area contributed by atoms with Gasteiger partial charge in [0.05, 0.1) is 11.1 Å². The Kier molecular flexibility index (Phi) is 2.27. The summed E-state index contributed by atoms with van der Waals surface area (Å²) in [6.45, 7) is 3.81. The fourth-order valence-electron chi connectivity index (χ4n) is 1.69. The molecule has 4 nitrogen and oxygen atoms in total. The van der Waals surface area contributed by atoms with Crippen LogP contribution in [-0.2, 0) is 0 Å². The predicted octanol–water partition coefficient (Wildman–Crippen LogP) is 1.10. The molecule has 0 aliphatic carbocycles. The van der Waals surface area contributed by atoms with Gasteiger partial charge in [0.25, 0.3) is 11.8 Å². The van der Waals surface area contributed by atoms with Crippen LogP contribution in [0.15, 0.2) is 24.8 Å². The standard InChI is InChI=1S/C12H12N2O2/c1-7(13-2)8-4-5-9-10(6-8)12(16)14(3)11(9)15/h4-6,13H,1H2,2-3H3. The highest BCUT2D eigenvalue weighted by molar-refractivity contribution is 6.21. The number of carbonyl (C=O) groups is 2. The van der Waals surface area contributed by atoms with Crippen LogP contribution in [0.25, 0.3) is 5.70 Å². The third-order valence-corrected chi connectivity index (χ3v) is 2.74. The van der Waals surface area contributed by atoms with Crippen molar-refractivity contribution in [3.8, 4) is 0 Å². The van der Waals surface area contributed by atoms with Crippen LogP contribution in [-0.4, -0.2) is 30.8 Å². The van der Waals surface area contributed by atoms with Crippen molar-refractivity contribution >= 4 is 17.5 Å². The molecule has 0 radical (unpaired) electrons. The third-order valence-electron chi connectivity index (χ3n) is 2.74. The van der Waals surface area contributed by atoms with Gasteiger partial charge in [-0.05, 0) is 17.7 Å². The van der Waals surface area contributed by atoms with Gasteiger partial charge < -0.3 is 5.32 Å². The quantitative estimate of drug-likeness (QED) is 0.753. The van der Waals surface area contributed by atoms with Gasteiger partial charge in [0.15, 0.2) is 0 Å². The van der Waals surface area contributed by atoms with Gasteiger partial charge in [-0.15, -0.1) is 0 Å². The van der Waals surface area contributed by atoms with Crippen molar-refractivity contribution in [3.05, 3.63) is 41.5 Å². The summed E-state index contributed by atoms with van der Waals surface area (Å²) < 4.78 is 0. The Morgan fingerprint density at radius 2 is 1.88 bits per heavy atom. The normalized spacial score (nSPS) is 14.0. The maximum atomic E-state index is 11.7. The Hall–Kier alpha value is -2.10. The molecule has 1 aliphatic rings. The molecule has 2 amide bonds. The number of amides is 2. The van der Waals surface area contributed by atoms with Gasteiger partial charge in [-0.25, -0.2) is 0 Å². The number of hydrogen-bond acceptors (Lipinski definition) is 3. The van der Waals surface area contributed by atoms with E-state index in [4.69, 9.17) is 0 Å². The number of benzene rings is 1. The molecule has 1 N–H and O–H groups in total. The molecule has 0 saturated carbocycles. The highest BCUT2D eigenvalue weighted by atomic mass is 16.2. The number of hydrogen-bond donors (Lipinski definition) is 1. The maximum absolute atomic E-state index is 11.7. The molecule has 1 aromatic rings. The average Bonchev–Trinajstić information content (AvgIpc) is 2.53. The van der Waals surface area contributed by atoms with E-state index in [1.165, 1.54) is 7.05 Å². The molecule has 0 spiro atoms. The van der Waals surface area contributed by atoms with Crippen molar-refractivity contribution in [2.24, 2.45) is 0 Å². The molecule has 0 aromatic heterocycles. The molecule has 1 heterocycles. The van der Waals surface area contributed by atoms with Crippen LogP contribution in [0, 0.1) is 0 Å². The Labute approximate surface area is 93.6 Å². The summed E-state index contributed by atoms with van der Waals surface area (Å²) in [6.07, 6.45) is 0. The summed E-state index contributed by atoms with van der Waals surface area (Å²) in [5.41, 5.74) is 2.44. The summed E-state index contributed by atoms with van der Waals surface area (Å²) in [5, 5.41) is 2.91. The first-order chi connectivity index (χ1) is 7.56. The van der Waals surface area contributed by atoms with Crippen LogP contribution < -0.4 is 5.32 Å². The molecule has 1 aliphatic heterocycles. The van der Waals surface area contributed by atoms with E-state index in [0.717, 1.165) is 16.2 Å². The van der Waals surface area contributed by atoms with E-state index < -0.39 is 0 Å². The van der Waals surface area contributed by atoms with Gasteiger partial charge in [0.2, 0.25) is 0 Å². The van der Waals surface area contributed by atoms with E-state index >= 15 is 0 Å². The summed E-state index contributed by atoms with van der Waals surface area (Å²) in [7, 11) is 3.24. The zero-order valence-corrected chi connectivity index (χ0v) is 9.20. The van der Waals surface area contributed by atoms with E-state index in [-0.39, 0.29) is 11.8 Å². The molecule has 0 atom stereocenters. The summed E-state index contributed by atoms with van der Waals surface area (Å²) in [6, 6.07) is 5.14. The number of nitrogens with one attached hydrogen (secondary N) is 1. The molecule has 4 heteroatoms. The average molecular weight is 216 g/mol. The molecule has 0 fully saturated rings. The van der Waals surface area contributed by atoms with E-state index in [1.54, 1.807) is 25.2 Å². The van der Waals surface area contributed by atoms with Crippen molar-refractivity contribution in [2.45, 2.75) is 0 Å². The first kappa shape index (κ1) is 10.4. The zero-order valence-electron chi connectivity index (χ0n) is 9.20. The number of carbonyl (C=O) groups excluding carboxylic acids is 2. The molecule has 0 bridgehead atoms. The van der Waals surface area contributed by atoms with Crippen LogP contribution in [0.5, 0.6) is 0 Å². The van der Waals surface area contributed by atoms with Gasteiger partial charge in [-0.1, -0.05) is 12.6 Å². The molecular weight excluding hydrogens is 204 g/mol. The number of fused-ring (bicyclic) bond motifs is 1.